The van der Waals surface area contributed by atoms with Crippen molar-refractivity contribution in [2.24, 2.45) is 0 Å². The van der Waals surface area contributed by atoms with Gasteiger partial charge in [0.25, 0.3) is 0 Å². The van der Waals surface area contributed by atoms with E-state index in [-0.39, 0.29) is 6.10 Å². The molecule has 1 unspecified atom stereocenters. The molecule has 0 fully saturated rings. The Bertz CT molecular complexity index is 526. The van der Waals surface area contributed by atoms with Crippen LogP contribution in [0, 0.1) is 0 Å². The van der Waals surface area contributed by atoms with Crippen LogP contribution in [0.15, 0.2) is 53.0 Å². The van der Waals surface area contributed by atoms with E-state index >= 15 is 0 Å². The molecule has 0 spiro atoms. The maximum atomic E-state index is 10.1. The van der Waals surface area contributed by atoms with Crippen LogP contribution in [0.1, 0.15) is 11.1 Å². The van der Waals surface area contributed by atoms with Gasteiger partial charge in [0.1, 0.15) is 5.75 Å². The monoisotopic (exact) mass is 320 g/mol. The van der Waals surface area contributed by atoms with E-state index in [1.165, 1.54) is 0 Å². The highest BCUT2D eigenvalue weighted by molar-refractivity contribution is 9.10. The molecule has 0 bridgehead atoms. The van der Waals surface area contributed by atoms with Gasteiger partial charge in [-0.05, 0) is 52.0 Å². The molecule has 0 aromatic heterocycles. The van der Waals surface area contributed by atoms with Crippen LogP contribution in [0.25, 0.3) is 0 Å². The molecule has 1 N–H and O–H groups in total. The van der Waals surface area contributed by atoms with Gasteiger partial charge >= 0.3 is 0 Å². The molecular formula is C16H17BrO2. The number of hydrogen-bond acceptors (Lipinski definition) is 2. The Balaban J connectivity index is 1.99. The highest BCUT2D eigenvalue weighted by atomic mass is 79.9. The van der Waals surface area contributed by atoms with Gasteiger partial charge in [-0.15, -0.1) is 0 Å². The molecular weight excluding hydrogens is 304 g/mol. The van der Waals surface area contributed by atoms with Gasteiger partial charge in [-0.25, -0.2) is 0 Å². The van der Waals surface area contributed by atoms with Gasteiger partial charge in [0, 0.05) is 0 Å². The molecule has 0 amide bonds. The molecule has 0 saturated carbocycles. The molecule has 0 heterocycles. The van der Waals surface area contributed by atoms with Gasteiger partial charge in [0.2, 0.25) is 0 Å². The second-order valence-electron chi connectivity index (χ2n) is 4.52. The highest BCUT2D eigenvalue weighted by Crippen LogP contribution is 2.26. The standard InChI is InChI=1S/C16H17BrO2/c1-19-16-8-7-13(11-15(16)17)10-14(18)9-12-5-3-2-4-6-12/h2-8,11,14,18H,9-10H2,1H3. The maximum absolute atomic E-state index is 10.1. The summed E-state index contributed by atoms with van der Waals surface area (Å²) in [6, 6.07) is 15.9. The average molecular weight is 321 g/mol. The fraction of sp³-hybridized carbons (Fsp3) is 0.250. The zero-order chi connectivity index (χ0) is 13.7. The van der Waals surface area contributed by atoms with E-state index in [1.54, 1.807) is 7.11 Å². The number of hydrogen-bond donors (Lipinski definition) is 1. The van der Waals surface area contributed by atoms with Crippen LogP contribution in [0.5, 0.6) is 5.75 Å². The van der Waals surface area contributed by atoms with Crippen molar-refractivity contribution < 1.29 is 9.84 Å². The van der Waals surface area contributed by atoms with E-state index in [0.29, 0.717) is 12.8 Å². The minimum Gasteiger partial charge on any atom is -0.496 e. The molecule has 1 atom stereocenters. The summed E-state index contributed by atoms with van der Waals surface area (Å²) in [7, 11) is 1.64. The third-order valence-corrected chi connectivity index (χ3v) is 3.62. The molecule has 0 radical (unpaired) electrons. The summed E-state index contributed by atoms with van der Waals surface area (Å²) in [6.45, 7) is 0. The first-order valence-corrected chi connectivity index (χ1v) is 7.02. The minimum atomic E-state index is -0.373. The van der Waals surface area contributed by atoms with Crippen molar-refractivity contribution >= 4 is 15.9 Å². The number of ether oxygens (including phenoxy) is 1. The lowest BCUT2D eigenvalue weighted by molar-refractivity contribution is 0.175. The van der Waals surface area contributed by atoms with E-state index < -0.39 is 0 Å². The molecule has 100 valence electrons. The van der Waals surface area contributed by atoms with Gasteiger partial charge in [-0.3, -0.25) is 0 Å². The number of methoxy groups -OCH3 is 1. The first kappa shape index (κ1) is 14.1. The van der Waals surface area contributed by atoms with Crippen LogP contribution in [0.3, 0.4) is 0 Å². The van der Waals surface area contributed by atoms with Crippen molar-refractivity contribution in [2.45, 2.75) is 18.9 Å². The minimum absolute atomic E-state index is 0.373. The van der Waals surface area contributed by atoms with Crippen molar-refractivity contribution in [3.05, 3.63) is 64.1 Å². The summed E-state index contributed by atoms with van der Waals surface area (Å²) >= 11 is 3.46. The SMILES string of the molecule is COc1ccc(CC(O)Cc2ccccc2)cc1Br. The predicted molar refractivity (Wildman–Crippen MR) is 80.6 cm³/mol. The zero-order valence-electron chi connectivity index (χ0n) is 10.8. The molecule has 0 saturated heterocycles. The van der Waals surface area contributed by atoms with Crippen LogP contribution < -0.4 is 4.74 Å². The van der Waals surface area contributed by atoms with Crippen molar-refractivity contribution in [3.8, 4) is 5.75 Å². The van der Waals surface area contributed by atoms with Crippen molar-refractivity contribution in [3.63, 3.8) is 0 Å². The molecule has 2 nitrogen and oxygen atoms in total. The lowest BCUT2D eigenvalue weighted by Gasteiger charge is -2.12. The van der Waals surface area contributed by atoms with Crippen molar-refractivity contribution in [1.29, 1.82) is 0 Å². The van der Waals surface area contributed by atoms with E-state index in [0.717, 1.165) is 21.3 Å². The summed E-state index contributed by atoms with van der Waals surface area (Å²) in [5.41, 5.74) is 2.25. The third kappa shape index (κ3) is 4.08. The average Bonchev–Trinajstić information content (AvgIpc) is 2.40. The topological polar surface area (TPSA) is 29.5 Å². The first-order valence-electron chi connectivity index (χ1n) is 6.23. The van der Waals surface area contributed by atoms with Gasteiger partial charge in [0.15, 0.2) is 0 Å². The molecule has 2 rings (SSSR count). The lowest BCUT2D eigenvalue weighted by Crippen LogP contribution is -2.13. The lowest BCUT2D eigenvalue weighted by atomic mass is 10.0. The Hall–Kier alpha value is -1.32. The fourth-order valence-corrected chi connectivity index (χ4v) is 2.66. The van der Waals surface area contributed by atoms with Crippen LogP contribution >= 0.6 is 15.9 Å². The Labute approximate surface area is 122 Å². The molecule has 2 aromatic carbocycles. The summed E-state index contributed by atoms with van der Waals surface area (Å²) in [6.07, 6.45) is 0.935. The Morgan fingerprint density at radius 1 is 1.05 bits per heavy atom. The fourth-order valence-electron chi connectivity index (χ4n) is 2.07. The van der Waals surface area contributed by atoms with Gasteiger partial charge in [-0.2, -0.15) is 0 Å². The normalized spacial score (nSPS) is 12.2. The summed E-state index contributed by atoms with van der Waals surface area (Å²) in [5.74, 6) is 0.807. The van der Waals surface area contributed by atoms with Gasteiger partial charge in [-0.1, -0.05) is 36.4 Å². The molecule has 2 aromatic rings. The molecule has 0 aliphatic rings. The van der Waals surface area contributed by atoms with Crippen LogP contribution in [0.4, 0.5) is 0 Å². The van der Waals surface area contributed by atoms with Crippen LogP contribution in [-0.2, 0) is 12.8 Å². The second-order valence-corrected chi connectivity index (χ2v) is 5.37. The van der Waals surface area contributed by atoms with E-state index in [4.69, 9.17) is 4.74 Å². The molecule has 0 aliphatic heterocycles. The maximum Gasteiger partial charge on any atom is 0.133 e. The summed E-state index contributed by atoms with van der Waals surface area (Å²) in [5, 5.41) is 10.1. The van der Waals surface area contributed by atoms with E-state index in [1.807, 2.05) is 48.5 Å². The Morgan fingerprint density at radius 3 is 2.37 bits per heavy atom. The number of rotatable bonds is 5. The van der Waals surface area contributed by atoms with Gasteiger partial charge < -0.3 is 9.84 Å². The van der Waals surface area contributed by atoms with Crippen molar-refractivity contribution in [1.82, 2.24) is 0 Å². The quantitative estimate of drug-likeness (QED) is 0.912. The van der Waals surface area contributed by atoms with E-state index in [2.05, 4.69) is 15.9 Å². The summed E-state index contributed by atoms with van der Waals surface area (Å²) < 4.78 is 6.11. The molecule has 19 heavy (non-hydrogen) atoms. The number of aliphatic hydroxyl groups excluding tert-OH is 1. The van der Waals surface area contributed by atoms with Crippen molar-refractivity contribution in [2.75, 3.05) is 7.11 Å². The molecule has 3 heteroatoms. The number of aliphatic hydroxyl groups is 1. The smallest absolute Gasteiger partial charge is 0.133 e. The number of benzene rings is 2. The first-order chi connectivity index (χ1) is 9.19. The number of halogens is 1. The molecule has 0 aliphatic carbocycles. The largest absolute Gasteiger partial charge is 0.496 e. The highest BCUT2D eigenvalue weighted by Gasteiger charge is 2.08. The Kier molecular flexibility index (Phi) is 5.00. The van der Waals surface area contributed by atoms with Crippen LogP contribution in [-0.4, -0.2) is 18.3 Å². The predicted octanol–water partition coefficient (Wildman–Crippen LogP) is 3.60. The zero-order valence-corrected chi connectivity index (χ0v) is 12.4. The second kappa shape index (κ2) is 6.73. The third-order valence-electron chi connectivity index (χ3n) is 3.00. The summed E-state index contributed by atoms with van der Waals surface area (Å²) in [4.78, 5) is 0. The Morgan fingerprint density at radius 2 is 1.74 bits per heavy atom. The van der Waals surface area contributed by atoms with E-state index in [9.17, 15) is 5.11 Å². The van der Waals surface area contributed by atoms with Crippen LogP contribution in [0.2, 0.25) is 0 Å². The van der Waals surface area contributed by atoms with Gasteiger partial charge in [0.05, 0.1) is 17.7 Å².